The van der Waals surface area contributed by atoms with E-state index in [0.717, 1.165) is 0 Å². The van der Waals surface area contributed by atoms with Crippen molar-refractivity contribution >= 4 is 99.0 Å². The largest absolute Gasteiger partial charge is 0.116 e. The molecule has 0 bridgehead atoms. The lowest BCUT2D eigenvalue weighted by atomic mass is 10.1. The normalized spacial score (nSPS) is 23.2. The molecular weight excluding hydrogens is 461 g/mol. The molecule has 8 heteroatoms. The molecule has 0 aliphatic carbocycles. The highest BCUT2D eigenvalue weighted by molar-refractivity contribution is 8.46. The summed E-state index contributed by atoms with van der Waals surface area (Å²) in [6.07, 6.45) is 0. The quantitative estimate of drug-likeness (QED) is 0.393. The van der Waals surface area contributed by atoms with Gasteiger partial charge in [-0.2, -0.15) is 0 Å². The summed E-state index contributed by atoms with van der Waals surface area (Å²) in [7, 11) is 0. The summed E-state index contributed by atoms with van der Waals surface area (Å²) in [6.45, 7) is 2.14. The average Bonchev–Trinajstić information content (AvgIpc) is 3.25. The number of thioether (sulfide) groups is 8. The molecule has 25 heavy (non-hydrogen) atoms. The summed E-state index contributed by atoms with van der Waals surface area (Å²) in [4.78, 5) is 1.37. The van der Waals surface area contributed by atoms with Crippen LogP contribution >= 0.6 is 94.1 Å². The lowest BCUT2D eigenvalue weighted by Gasteiger charge is -2.13. The minimum Gasteiger partial charge on any atom is -0.116 e. The summed E-state index contributed by atoms with van der Waals surface area (Å²) in [6, 6.07) is 8.88. The van der Waals surface area contributed by atoms with E-state index in [-0.39, 0.29) is 0 Å². The third-order valence-electron chi connectivity index (χ3n) is 3.60. The molecule has 1 aromatic carbocycles. The fourth-order valence-electron chi connectivity index (χ4n) is 2.37. The molecule has 0 amide bonds. The maximum Gasteiger partial charge on any atom is 0.0718 e. The fraction of sp³-hybridized carbons (Fsp3) is 0.176. The molecule has 4 aliphatic heterocycles. The number of hydrogen-bond acceptors (Lipinski definition) is 8. The molecule has 0 spiro atoms. The molecule has 128 valence electrons. The molecule has 0 unspecified atom stereocenters. The summed E-state index contributed by atoms with van der Waals surface area (Å²) < 4.78 is 8.97. The van der Waals surface area contributed by atoms with Gasteiger partial charge in [-0.1, -0.05) is 100 Å². The minimum absolute atomic E-state index is 1.25. The molecule has 1 aromatic rings. The van der Waals surface area contributed by atoms with E-state index < -0.39 is 0 Å². The molecule has 0 atom stereocenters. The Bertz CT molecular complexity index is 839. The Morgan fingerprint density at radius 2 is 1.20 bits per heavy atom. The maximum atomic E-state index is 2.32. The second kappa shape index (κ2) is 7.78. The summed E-state index contributed by atoms with van der Waals surface area (Å²) in [5.74, 6) is 2.51. The van der Waals surface area contributed by atoms with Crippen molar-refractivity contribution in [2.24, 2.45) is 0 Å². The van der Waals surface area contributed by atoms with Gasteiger partial charge in [0.1, 0.15) is 0 Å². The van der Waals surface area contributed by atoms with Crippen LogP contribution in [0.15, 0.2) is 55.1 Å². The van der Waals surface area contributed by atoms with Gasteiger partial charge in [-0.25, -0.2) is 0 Å². The molecule has 0 aromatic heterocycles. The van der Waals surface area contributed by atoms with Crippen LogP contribution in [0.3, 0.4) is 0 Å². The summed E-state index contributed by atoms with van der Waals surface area (Å²) in [5, 5.41) is 2.32. The molecule has 4 aliphatic rings. The average molecular weight is 473 g/mol. The van der Waals surface area contributed by atoms with E-state index in [2.05, 4.69) is 36.6 Å². The van der Waals surface area contributed by atoms with Gasteiger partial charge in [0.25, 0.3) is 0 Å². The number of aryl methyl sites for hydroxylation is 1. The third-order valence-corrected chi connectivity index (χ3v) is 15.4. The van der Waals surface area contributed by atoms with Crippen molar-refractivity contribution in [3.8, 4) is 0 Å². The zero-order valence-electron chi connectivity index (χ0n) is 13.1. The minimum atomic E-state index is 1.25. The van der Waals surface area contributed by atoms with E-state index in [1.54, 1.807) is 0 Å². The lowest BCUT2D eigenvalue weighted by molar-refractivity contribution is 1.46. The second-order valence-corrected chi connectivity index (χ2v) is 15.2. The van der Waals surface area contributed by atoms with Crippen LogP contribution < -0.4 is 0 Å². The predicted octanol–water partition coefficient (Wildman–Crippen LogP) is 8.59. The Labute approximate surface area is 182 Å². The Hall–Kier alpha value is 0.980. The van der Waals surface area contributed by atoms with Crippen LogP contribution in [0.1, 0.15) is 11.1 Å². The van der Waals surface area contributed by atoms with Crippen molar-refractivity contribution in [2.45, 2.75) is 6.92 Å². The van der Waals surface area contributed by atoms with E-state index in [1.807, 2.05) is 94.1 Å². The van der Waals surface area contributed by atoms with Gasteiger partial charge >= 0.3 is 0 Å². The van der Waals surface area contributed by atoms with Crippen molar-refractivity contribution < 1.29 is 0 Å². The molecule has 0 saturated carbocycles. The SMILES string of the molecule is Cc1ccc(C2=CSC3=C(S2)SC(=C2SC4=C(SCCS4)S2)S3)cc1. The van der Waals surface area contributed by atoms with Gasteiger partial charge in [-0.05, 0) is 17.9 Å². The van der Waals surface area contributed by atoms with Crippen LogP contribution in [0.25, 0.3) is 4.91 Å². The van der Waals surface area contributed by atoms with Gasteiger partial charge in [0.15, 0.2) is 0 Å². The monoisotopic (exact) mass is 472 g/mol. The second-order valence-electron chi connectivity index (χ2n) is 5.40. The first-order valence-corrected chi connectivity index (χ1v) is 14.5. The molecule has 0 fully saturated rings. The standard InChI is InChI=1S/C17H12S8/c1-9-2-4-10(5-3-9)11-8-20-14-15(21-11)25-17(24-14)16-22-12-13(23-16)19-7-6-18-12/h2-5,8H,6-7H2,1H3. The number of benzene rings is 1. The van der Waals surface area contributed by atoms with Crippen LogP contribution in [-0.4, -0.2) is 11.5 Å². The molecule has 0 N–H and O–H groups in total. The van der Waals surface area contributed by atoms with Crippen LogP contribution in [0, 0.1) is 6.92 Å². The number of hydrogen-bond donors (Lipinski definition) is 0. The highest BCUT2D eigenvalue weighted by Gasteiger charge is 2.33. The zero-order chi connectivity index (χ0) is 16.8. The van der Waals surface area contributed by atoms with Crippen molar-refractivity contribution in [2.75, 3.05) is 11.5 Å². The van der Waals surface area contributed by atoms with Gasteiger partial charge in [0.05, 0.1) is 25.4 Å². The highest BCUT2D eigenvalue weighted by atomic mass is 32.3. The fourth-order valence-corrected chi connectivity index (χ4v) is 14.3. The smallest absolute Gasteiger partial charge is 0.0718 e. The first-order chi connectivity index (χ1) is 12.3. The Balaban J connectivity index is 1.31. The van der Waals surface area contributed by atoms with Crippen molar-refractivity contribution in [1.29, 1.82) is 0 Å². The first kappa shape index (κ1) is 18.0. The van der Waals surface area contributed by atoms with E-state index >= 15 is 0 Å². The topological polar surface area (TPSA) is 0 Å². The van der Waals surface area contributed by atoms with E-state index in [4.69, 9.17) is 0 Å². The lowest BCUT2D eigenvalue weighted by Crippen LogP contribution is -1.88. The maximum absolute atomic E-state index is 2.32. The van der Waals surface area contributed by atoms with E-state index in [9.17, 15) is 0 Å². The molecule has 5 rings (SSSR count). The molecule has 0 saturated heterocycles. The Kier molecular flexibility index (Phi) is 5.61. The summed E-state index contributed by atoms with van der Waals surface area (Å²) >= 11 is 15.8. The zero-order valence-corrected chi connectivity index (χ0v) is 19.6. The van der Waals surface area contributed by atoms with Gasteiger partial charge in [0.2, 0.25) is 0 Å². The van der Waals surface area contributed by atoms with Crippen LogP contribution in [0.2, 0.25) is 0 Å². The Morgan fingerprint density at radius 1 is 0.640 bits per heavy atom. The van der Waals surface area contributed by atoms with Crippen LogP contribution in [-0.2, 0) is 0 Å². The van der Waals surface area contributed by atoms with Crippen LogP contribution in [0.5, 0.6) is 0 Å². The molecule has 0 radical (unpaired) electrons. The van der Waals surface area contributed by atoms with Crippen molar-refractivity contribution in [3.05, 3.63) is 66.2 Å². The summed E-state index contributed by atoms with van der Waals surface area (Å²) in [5.41, 5.74) is 2.65. The number of rotatable bonds is 1. The van der Waals surface area contributed by atoms with Crippen molar-refractivity contribution in [1.82, 2.24) is 0 Å². The van der Waals surface area contributed by atoms with Gasteiger partial charge in [-0.3, -0.25) is 0 Å². The van der Waals surface area contributed by atoms with Gasteiger partial charge in [0, 0.05) is 16.4 Å². The van der Waals surface area contributed by atoms with Gasteiger partial charge in [-0.15, -0.1) is 23.5 Å². The highest BCUT2D eigenvalue weighted by Crippen LogP contribution is 2.68. The first-order valence-electron chi connectivity index (χ1n) is 7.58. The van der Waals surface area contributed by atoms with Gasteiger partial charge < -0.3 is 0 Å². The van der Waals surface area contributed by atoms with E-state index in [0.29, 0.717) is 0 Å². The molecular formula is C17H12S8. The Morgan fingerprint density at radius 3 is 1.88 bits per heavy atom. The molecule has 0 nitrogen and oxygen atoms in total. The van der Waals surface area contributed by atoms with E-state index in [1.165, 1.54) is 53.0 Å². The molecule has 4 heterocycles. The van der Waals surface area contributed by atoms with Crippen LogP contribution in [0.4, 0.5) is 0 Å². The third kappa shape index (κ3) is 3.79. The predicted molar refractivity (Wildman–Crippen MR) is 131 cm³/mol. The van der Waals surface area contributed by atoms with Crippen molar-refractivity contribution in [3.63, 3.8) is 0 Å².